The Morgan fingerprint density at radius 2 is 2.06 bits per heavy atom. The number of amides is 2. The van der Waals surface area contributed by atoms with E-state index < -0.39 is 13.5 Å². The van der Waals surface area contributed by atoms with Crippen LogP contribution in [0.5, 0.6) is 0 Å². The van der Waals surface area contributed by atoms with Crippen molar-refractivity contribution in [3.8, 4) is 0 Å². The van der Waals surface area contributed by atoms with E-state index in [2.05, 4.69) is 20.2 Å². The van der Waals surface area contributed by atoms with Gasteiger partial charge < -0.3 is 5.32 Å². The highest BCUT2D eigenvalue weighted by Crippen LogP contribution is 2.37. The van der Waals surface area contributed by atoms with Crippen LogP contribution in [0, 0.1) is 0 Å². The first-order valence-electron chi connectivity index (χ1n) is 4.42. The maximum absolute atomic E-state index is 11.5. The summed E-state index contributed by atoms with van der Waals surface area (Å²) in [4.78, 5) is 16.8. The molecule has 0 fully saturated rings. The van der Waals surface area contributed by atoms with Crippen LogP contribution in [0.25, 0.3) is 10.4 Å². The van der Waals surface area contributed by atoms with Gasteiger partial charge in [-0.05, 0) is 34.7 Å². The first kappa shape index (κ1) is 13.4. The highest BCUT2D eigenvalue weighted by atomic mass is 35.5. The number of urea groups is 1. The van der Waals surface area contributed by atoms with Gasteiger partial charge in [-0.3, -0.25) is 9.65 Å². The number of carbonyl (C=O) groups is 1. The summed E-state index contributed by atoms with van der Waals surface area (Å²) in [6.45, 7) is 1.15. The molecule has 0 aliphatic rings. The first-order valence-corrected chi connectivity index (χ1v) is 6.90. The lowest BCUT2D eigenvalue weighted by atomic mass is 10.3. The molecule has 0 aliphatic heterocycles. The Bertz CT molecular complexity index is 511. The van der Waals surface area contributed by atoms with Crippen LogP contribution in [0.15, 0.2) is 29.2 Å². The Morgan fingerprint density at radius 1 is 1.47 bits per heavy atom. The van der Waals surface area contributed by atoms with Crippen molar-refractivity contribution in [1.82, 2.24) is 5.09 Å². The van der Waals surface area contributed by atoms with E-state index in [-0.39, 0.29) is 0 Å². The lowest BCUT2D eigenvalue weighted by Gasteiger charge is -2.10. The molecule has 7 nitrogen and oxygen atoms in total. The van der Waals surface area contributed by atoms with Crippen LogP contribution >= 0.6 is 19.0 Å². The number of anilines is 1. The van der Waals surface area contributed by atoms with Gasteiger partial charge in [0, 0.05) is 22.3 Å². The highest BCUT2D eigenvalue weighted by molar-refractivity contribution is 7.60. The Kier molecular flexibility index (Phi) is 4.40. The largest absolute Gasteiger partial charge is 0.324 e. The van der Waals surface area contributed by atoms with E-state index >= 15 is 0 Å². The van der Waals surface area contributed by atoms with Crippen molar-refractivity contribution in [2.45, 2.75) is 0 Å². The molecule has 0 heterocycles. The molecule has 0 bridgehead atoms. The summed E-state index contributed by atoms with van der Waals surface area (Å²) in [6.07, 6.45) is 0. The summed E-state index contributed by atoms with van der Waals surface area (Å²) in [5.41, 5.74) is 8.61. The molecule has 0 saturated heterocycles. The summed E-state index contributed by atoms with van der Waals surface area (Å²) in [5, 5.41) is 5.03. The lowest BCUT2D eigenvalue weighted by molar-refractivity contribution is 0.256. The van der Waals surface area contributed by atoms with Crippen LogP contribution in [-0.2, 0) is 4.57 Å². The van der Waals surface area contributed by atoms with Gasteiger partial charge in [0.2, 0.25) is 0 Å². The second-order valence-electron chi connectivity index (χ2n) is 3.13. The number of rotatable bonds is 3. The molecular weight excluding hydrogens is 265 g/mol. The van der Waals surface area contributed by atoms with Gasteiger partial charge in [-0.2, -0.15) is 0 Å². The van der Waals surface area contributed by atoms with Crippen molar-refractivity contribution in [2.75, 3.05) is 12.0 Å². The Morgan fingerprint density at radius 3 is 2.59 bits per heavy atom. The summed E-state index contributed by atoms with van der Waals surface area (Å²) in [7, 11) is -3.37. The molecule has 1 aromatic rings. The number of azide groups is 1. The highest BCUT2D eigenvalue weighted by Gasteiger charge is 2.15. The van der Waals surface area contributed by atoms with Crippen molar-refractivity contribution in [3.63, 3.8) is 0 Å². The van der Waals surface area contributed by atoms with Crippen LogP contribution in [0.2, 0.25) is 5.02 Å². The minimum absolute atomic E-state index is 0.479. The van der Waals surface area contributed by atoms with Crippen LogP contribution < -0.4 is 10.4 Å². The smallest absolute Gasteiger partial charge is 0.308 e. The topological polar surface area (TPSA) is 107 Å². The minimum atomic E-state index is -3.37. The zero-order valence-electron chi connectivity index (χ0n) is 8.79. The Labute approximate surface area is 102 Å². The number of nitrogens with zero attached hydrogens (tertiary/aromatic N) is 3. The predicted molar refractivity (Wildman–Crippen MR) is 66.3 cm³/mol. The third-order valence-electron chi connectivity index (χ3n) is 1.62. The second kappa shape index (κ2) is 5.59. The molecule has 0 spiro atoms. The van der Waals surface area contributed by atoms with Crippen molar-refractivity contribution in [1.29, 1.82) is 0 Å². The first-order chi connectivity index (χ1) is 7.93. The molecule has 1 aromatic carbocycles. The molecule has 0 unspecified atom stereocenters. The van der Waals surface area contributed by atoms with Crippen molar-refractivity contribution >= 4 is 30.8 Å². The maximum Gasteiger partial charge on any atom is 0.324 e. The van der Waals surface area contributed by atoms with Crippen LogP contribution in [-0.4, -0.2) is 12.7 Å². The summed E-state index contributed by atoms with van der Waals surface area (Å²) < 4.78 is 11.5. The molecule has 2 amide bonds. The van der Waals surface area contributed by atoms with Crippen molar-refractivity contribution < 1.29 is 9.36 Å². The fourth-order valence-electron chi connectivity index (χ4n) is 0.979. The van der Waals surface area contributed by atoms with Crippen LogP contribution in [0.1, 0.15) is 0 Å². The van der Waals surface area contributed by atoms with Crippen molar-refractivity contribution in [2.24, 2.45) is 4.88 Å². The molecule has 0 radical (unpaired) electrons. The monoisotopic (exact) mass is 273 g/mol. The van der Waals surface area contributed by atoms with Crippen LogP contribution in [0.3, 0.4) is 0 Å². The zero-order chi connectivity index (χ0) is 12.9. The summed E-state index contributed by atoms with van der Waals surface area (Å²) in [6, 6.07) is 5.63. The Balaban J connectivity index is 2.64. The average Bonchev–Trinajstić information content (AvgIpc) is 2.20. The number of benzene rings is 1. The normalized spacial score (nSPS) is 13.1. The lowest BCUT2D eigenvalue weighted by Crippen LogP contribution is -2.25. The fraction of sp³-hybridized carbons (Fsp3) is 0.125. The number of hydrogen-bond acceptors (Lipinski definition) is 2. The minimum Gasteiger partial charge on any atom is -0.308 e. The third-order valence-corrected chi connectivity index (χ3v) is 2.91. The third kappa shape index (κ3) is 4.78. The Hall–Kier alpha value is -1.68. The average molecular weight is 274 g/mol. The van der Waals surface area contributed by atoms with Gasteiger partial charge in [0.05, 0.1) is 0 Å². The standard InChI is InChI=1S/C8H9ClN5O2P/c1-17(16,14-13-10)12-8(15)11-7-4-2-6(9)3-5-7/h2-5H,1H3,(H2,11,12,15,16)/t17-/m0/s1. The summed E-state index contributed by atoms with van der Waals surface area (Å²) >= 11 is 5.67. The molecular formula is C8H9ClN5O2P. The second-order valence-corrected chi connectivity index (χ2v) is 5.73. The van der Waals surface area contributed by atoms with Gasteiger partial charge in [-0.25, -0.2) is 4.79 Å². The van der Waals surface area contributed by atoms with E-state index in [0.717, 1.165) is 6.66 Å². The number of carbonyl (C=O) groups excluding carboxylic acids is 1. The van der Waals surface area contributed by atoms with E-state index in [1.165, 1.54) is 0 Å². The molecule has 2 N–H and O–H groups in total. The molecule has 17 heavy (non-hydrogen) atoms. The van der Waals surface area contributed by atoms with E-state index in [4.69, 9.17) is 17.1 Å². The van der Waals surface area contributed by atoms with Gasteiger partial charge in [-0.15, -0.1) is 0 Å². The molecule has 1 atom stereocenters. The molecule has 9 heteroatoms. The maximum atomic E-state index is 11.5. The van der Waals surface area contributed by atoms with E-state index in [1.807, 2.05) is 0 Å². The molecule has 0 aliphatic carbocycles. The molecule has 0 saturated carbocycles. The molecule has 1 rings (SSSR count). The predicted octanol–water partition coefficient (Wildman–Crippen LogP) is 3.59. The van der Waals surface area contributed by atoms with Gasteiger partial charge in [-0.1, -0.05) is 11.6 Å². The van der Waals surface area contributed by atoms with Gasteiger partial charge in [0.15, 0.2) is 0 Å². The van der Waals surface area contributed by atoms with Gasteiger partial charge in [0.1, 0.15) is 0 Å². The van der Waals surface area contributed by atoms with E-state index in [0.29, 0.717) is 10.7 Å². The van der Waals surface area contributed by atoms with E-state index in [1.54, 1.807) is 24.3 Å². The number of nitrogens with one attached hydrogen (secondary N) is 2. The summed E-state index contributed by atoms with van der Waals surface area (Å²) in [5.74, 6) is 0. The SMILES string of the molecule is C[P@@](=O)(N=[N+]=[N-])NC(=O)Nc1ccc(Cl)cc1. The molecule has 0 aromatic heterocycles. The fourth-order valence-corrected chi connectivity index (χ4v) is 1.74. The molecule has 90 valence electrons. The zero-order valence-corrected chi connectivity index (χ0v) is 10.4. The van der Waals surface area contributed by atoms with Crippen molar-refractivity contribution in [3.05, 3.63) is 39.7 Å². The van der Waals surface area contributed by atoms with Gasteiger partial charge >= 0.3 is 6.03 Å². The van der Waals surface area contributed by atoms with Gasteiger partial charge in [0.25, 0.3) is 7.44 Å². The van der Waals surface area contributed by atoms with Crippen LogP contribution in [0.4, 0.5) is 10.5 Å². The number of hydrogen-bond donors (Lipinski definition) is 2. The quantitative estimate of drug-likeness (QED) is 0.380. The van der Waals surface area contributed by atoms with E-state index in [9.17, 15) is 9.36 Å². The number of halogens is 1.